The molecule has 0 amide bonds. The zero-order valence-corrected chi connectivity index (χ0v) is 11.8. The van der Waals surface area contributed by atoms with Gasteiger partial charge in [-0.3, -0.25) is 0 Å². The molecule has 0 radical (unpaired) electrons. The molecule has 0 aromatic carbocycles. The Kier molecular flexibility index (Phi) is 3.27. The summed E-state index contributed by atoms with van der Waals surface area (Å²) in [6.07, 6.45) is -1.84. The van der Waals surface area contributed by atoms with Crippen molar-refractivity contribution in [3.8, 4) is 0 Å². The molecule has 0 saturated heterocycles. The number of aromatic nitrogens is 4. The van der Waals surface area contributed by atoms with Gasteiger partial charge >= 0.3 is 6.18 Å². The fraction of sp³-hybridized carbons (Fsp3) is 0.308. The lowest BCUT2D eigenvalue weighted by Gasteiger charge is -2.20. The van der Waals surface area contributed by atoms with Gasteiger partial charge in [0, 0.05) is 25.2 Å². The van der Waals surface area contributed by atoms with Gasteiger partial charge in [0.05, 0.1) is 6.26 Å². The first-order valence-electron chi connectivity index (χ1n) is 6.38. The van der Waals surface area contributed by atoms with E-state index in [-0.39, 0.29) is 11.6 Å². The van der Waals surface area contributed by atoms with Gasteiger partial charge in [-0.1, -0.05) is 0 Å². The molecule has 0 saturated carbocycles. The highest BCUT2D eigenvalue weighted by molar-refractivity contribution is 5.48. The fourth-order valence-electron chi connectivity index (χ4n) is 2.13. The highest BCUT2D eigenvalue weighted by Gasteiger charge is 2.34. The number of aryl methyl sites for hydroxylation is 1. The van der Waals surface area contributed by atoms with Crippen molar-refractivity contribution in [2.45, 2.75) is 19.6 Å². The maximum absolute atomic E-state index is 13.0. The molecule has 3 aromatic rings. The van der Waals surface area contributed by atoms with Crippen LogP contribution < -0.4 is 4.90 Å². The average molecular weight is 311 g/mol. The molecule has 3 aromatic heterocycles. The largest absolute Gasteiger partial charge is 0.469 e. The predicted molar refractivity (Wildman–Crippen MR) is 71.3 cm³/mol. The molecule has 0 spiro atoms. The fourth-order valence-corrected chi connectivity index (χ4v) is 2.13. The first-order valence-corrected chi connectivity index (χ1v) is 6.38. The van der Waals surface area contributed by atoms with Gasteiger partial charge in [-0.15, -0.1) is 0 Å². The maximum Gasteiger partial charge on any atom is 0.433 e. The van der Waals surface area contributed by atoms with Crippen molar-refractivity contribution in [1.29, 1.82) is 0 Å². The number of rotatable bonds is 3. The number of hydrogen-bond donors (Lipinski definition) is 0. The molecule has 0 aliphatic carbocycles. The Bertz CT molecular complexity index is 807. The minimum absolute atomic E-state index is 0.0967. The van der Waals surface area contributed by atoms with Crippen LogP contribution in [0, 0.1) is 6.92 Å². The van der Waals surface area contributed by atoms with Crippen LogP contribution in [0.2, 0.25) is 0 Å². The third-order valence-corrected chi connectivity index (χ3v) is 3.29. The molecule has 0 N–H and O–H groups in total. The Morgan fingerprint density at radius 1 is 1.36 bits per heavy atom. The van der Waals surface area contributed by atoms with Crippen LogP contribution in [0.15, 0.2) is 29.1 Å². The number of nitrogens with zero attached hydrogens (tertiary/aromatic N) is 5. The van der Waals surface area contributed by atoms with Crippen LogP contribution in [0.3, 0.4) is 0 Å². The van der Waals surface area contributed by atoms with E-state index >= 15 is 0 Å². The minimum atomic E-state index is -4.55. The number of anilines is 1. The van der Waals surface area contributed by atoms with Gasteiger partial charge in [0.15, 0.2) is 5.69 Å². The van der Waals surface area contributed by atoms with Crippen molar-refractivity contribution in [3.05, 3.63) is 41.7 Å². The molecule has 3 rings (SSSR count). The lowest BCUT2D eigenvalue weighted by molar-refractivity contribution is -0.141. The predicted octanol–water partition coefficient (Wildman–Crippen LogP) is 2.68. The number of fused-ring (bicyclic) bond motifs is 1. The third-order valence-electron chi connectivity index (χ3n) is 3.29. The zero-order valence-electron chi connectivity index (χ0n) is 11.8. The molecule has 0 unspecified atom stereocenters. The Labute approximate surface area is 123 Å². The molecule has 116 valence electrons. The van der Waals surface area contributed by atoms with Crippen molar-refractivity contribution in [1.82, 2.24) is 19.6 Å². The van der Waals surface area contributed by atoms with E-state index in [1.54, 1.807) is 24.9 Å². The molecule has 0 atom stereocenters. The van der Waals surface area contributed by atoms with E-state index in [0.29, 0.717) is 12.3 Å². The SMILES string of the molecule is Cc1occc1CN(C)c1cc(C(F)(F)F)nc2ncnn12. The third kappa shape index (κ3) is 2.49. The van der Waals surface area contributed by atoms with E-state index < -0.39 is 11.9 Å². The normalized spacial score (nSPS) is 12.0. The maximum atomic E-state index is 13.0. The van der Waals surface area contributed by atoms with Crippen LogP contribution in [-0.2, 0) is 12.7 Å². The first kappa shape index (κ1) is 14.4. The van der Waals surface area contributed by atoms with E-state index in [9.17, 15) is 13.2 Å². The molecule has 6 nitrogen and oxygen atoms in total. The number of hydrogen-bond acceptors (Lipinski definition) is 5. The smallest absolute Gasteiger partial charge is 0.433 e. The van der Waals surface area contributed by atoms with Gasteiger partial charge in [0.1, 0.15) is 17.9 Å². The summed E-state index contributed by atoms with van der Waals surface area (Å²) >= 11 is 0. The quantitative estimate of drug-likeness (QED) is 0.744. The van der Waals surface area contributed by atoms with Crippen LogP contribution in [-0.4, -0.2) is 26.6 Å². The number of halogens is 3. The van der Waals surface area contributed by atoms with E-state index in [4.69, 9.17) is 4.42 Å². The minimum Gasteiger partial charge on any atom is -0.469 e. The summed E-state index contributed by atoms with van der Waals surface area (Å²) in [4.78, 5) is 8.86. The molecular formula is C13H12F3N5O. The summed E-state index contributed by atoms with van der Waals surface area (Å²) in [5.41, 5.74) is -0.125. The second-order valence-electron chi connectivity index (χ2n) is 4.83. The van der Waals surface area contributed by atoms with Crippen LogP contribution in [0.1, 0.15) is 17.0 Å². The van der Waals surface area contributed by atoms with Crippen molar-refractivity contribution in [2.75, 3.05) is 11.9 Å². The first-order chi connectivity index (χ1) is 10.4. The second kappa shape index (κ2) is 5.00. The highest BCUT2D eigenvalue weighted by atomic mass is 19.4. The van der Waals surface area contributed by atoms with Crippen molar-refractivity contribution in [2.24, 2.45) is 0 Å². The molecule has 9 heteroatoms. The molecule has 0 fully saturated rings. The number of alkyl halides is 3. The van der Waals surface area contributed by atoms with Gasteiger partial charge < -0.3 is 9.32 Å². The summed E-state index contributed by atoms with van der Waals surface area (Å²) < 4.78 is 45.3. The Balaban J connectivity index is 2.05. The topological polar surface area (TPSA) is 59.5 Å². The zero-order chi connectivity index (χ0) is 15.9. The van der Waals surface area contributed by atoms with E-state index in [0.717, 1.165) is 11.6 Å². The van der Waals surface area contributed by atoms with Gasteiger partial charge in [0.2, 0.25) is 0 Å². The lowest BCUT2D eigenvalue weighted by Crippen LogP contribution is -2.22. The molecule has 0 bridgehead atoms. The summed E-state index contributed by atoms with van der Waals surface area (Å²) in [7, 11) is 1.67. The lowest BCUT2D eigenvalue weighted by atomic mass is 10.2. The molecule has 0 aliphatic heterocycles. The van der Waals surface area contributed by atoms with Crippen LogP contribution in [0.4, 0.5) is 19.0 Å². The van der Waals surface area contributed by atoms with Crippen LogP contribution in [0.25, 0.3) is 5.78 Å². The Morgan fingerprint density at radius 3 is 2.77 bits per heavy atom. The van der Waals surface area contributed by atoms with Gasteiger partial charge in [-0.05, 0) is 13.0 Å². The molecule has 0 aliphatic rings. The van der Waals surface area contributed by atoms with Gasteiger partial charge in [-0.25, -0.2) is 4.98 Å². The Hall–Kier alpha value is -2.58. The standard InChI is InChI=1S/C13H12F3N5O/c1-8-9(3-4-22-8)6-20(2)11-5-10(13(14,15)16)19-12-17-7-18-21(11)12/h3-5,7H,6H2,1-2H3. The van der Waals surface area contributed by atoms with Crippen LogP contribution in [0.5, 0.6) is 0 Å². The van der Waals surface area contributed by atoms with Crippen molar-refractivity contribution in [3.63, 3.8) is 0 Å². The monoisotopic (exact) mass is 311 g/mol. The Morgan fingerprint density at radius 2 is 2.14 bits per heavy atom. The van der Waals surface area contributed by atoms with Crippen molar-refractivity contribution < 1.29 is 17.6 Å². The van der Waals surface area contributed by atoms with Gasteiger partial charge in [-0.2, -0.15) is 27.8 Å². The summed E-state index contributed by atoms with van der Waals surface area (Å²) in [6.45, 7) is 2.17. The van der Waals surface area contributed by atoms with E-state index in [1.807, 2.05) is 0 Å². The summed E-state index contributed by atoms with van der Waals surface area (Å²) in [5, 5.41) is 3.93. The molecule has 22 heavy (non-hydrogen) atoms. The van der Waals surface area contributed by atoms with Crippen LogP contribution >= 0.6 is 0 Å². The second-order valence-corrected chi connectivity index (χ2v) is 4.83. The molecule has 3 heterocycles. The highest BCUT2D eigenvalue weighted by Crippen LogP contribution is 2.30. The van der Waals surface area contributed by atoms with E-state index in [1.165, 1.54) is 17.1 Å². The average Bonchev–Trinajstić information content (AvgIpc) is 3.06. The number of furan rings is 1. The van der Waals surface area contributed by atoms with Gasteiger partial charge in [0.25, 0.3) is 5.78 Å². The summed E-state index contributed by atoms with van der Waals surface area (Å²) in [5.74, 6) is 0.864. The van der Waals surface area contributed by atoms with E-state index in [2.05, 4.69) is 15.1 Å². The molecular weight excluding hydrogens is 299 g/mol. The summed E-state index contributed by atoms with van der Waals surface area (Å²) in [6, 6.07) is 2.73. The van der Waals surface area contributed by atoms with Crippen molar-refractivity contribution >= 4 is 11.6 Å².